The highest BCUT2D eigenvalue weighted by Gasteiger charge is 2.16. The predicted molar refractivity (Wildman–Crippen MR) is 73.0 cm³/mol. The average molecular weight is 252 g/mol. The Hall–Kier alpha value is -2.39. The van der Waals surface area contributed by atoms with E-state index in [9.17, 15) is 9.90 Å². The largest absolute Gasteiger partial charge is 0.422 e. The molecule has 0 radical (unpaired) electrons. The molecule has 0 aliphatic heterocycles. The van der Waals surface area contributed by atoms with E-state index < -0.39 is 11.7 Å². The number of aliphatic hydroxyl groups excluding tert-OH is 1. The minimum atomic E-state index is -0.970. The Balaban J connectivity index is 2.15. The van der Waals surface area contributed by atoms with Crippen LogP contribution in [-0.2, 0) is 0 Å². The standard InChI is InChI=1S/C16H12O3/c17-15(11-6-2-1-3-7-11)13-10-12-8-4-5-9-14(12)19-16(13)18/h1-10,15,17H. The zero-order valence-corrected chi connectivity index (χ0v) is 10.1. The minimum absolute atomic E-state index is 0.255. The first-order valence-corrected chi connectivity index (χ1v) is 6.01. The quantitative estimate of drug-likeness (QED) is 0.713. The summed E-state index contributed by atoms with van der Waals surface area (Å²) in [5.74, 6) is 0. The second-order valence-electron chi connectivity index (χ2n) is 4.34. The van der Waals surface area contributed by atoms with Crippen molar-refractivity contribution < 1.29 is 9.52 Å². The molecule has 1 N–H and O–H groups in total. The van der Waals surface area contributed by atoms with Crippen LogP contribution in [0.15, 0.2) is 69.9 Å². The third-order valence-electron chi connectivity index (χ3n) is 3.08. The van der Waals surface area contributed by atoms with Crippen LogP contribution in [0.4, 0.5) is 0 Å². The first-order chi connectivity index (χ1) is 9.25. The molecule has 3 aromatic rings. The number of rotatable bonds is 2. The second-order valence-corrected chi connectivity index (χ2v) is 4.34. The van der Waals surface area contributed by atoms with Crippen LogP contribution in [0.5, 0.6) is 0 Å². The number of benzene rings is 2. The molecule has 0 bridgehead atoms. The Morgan fingerprint density at radius 1 is 0.947 bits per heavy atom. The molecule has 0 amide bonds. The third-order valence-corrected chi connectivity index (χ3v) is 3.08. The molecule has 2 aromatic carbocycles. The van der Waals surface area contributed by atoms with Crippen LogP contribution in [0.2, 0.25) is 0 Å². The van der Waals surface area contributed by atoms with Gasteiger partial charge in [-0.2, -0.15) is 0 Å². The second kappa shape index (κ2) is 4.71. The first kappa shape index (κ1) is 11.7. The lowest BCUT2D eigenvalue weighted by atomic mass is 10.0. The molecular formula is C16H12O3. The van der Waals surface area contributed by atoms with E-state index in [1.54, 1.807) is 30.3 Å². The van der Waals surface area contributed by atoms with E-state index in [-0.39, 0.29) is 5.56 Å². The summed E-state index contributed by atoms with van der Waals surface area (Å²) in [7, 11) is 0. The number of para-hydroxylation sites is 1. The van der Waals surface area contributed by atoms with Crippen molar-refractivity contribution in [3.63, 3.8) is 0 Å². The van der Waals surface area contributed by atoms with Crippen LogP contribution < -0.4 is 5.63 Å². The molecule has 1 atom stereocenters. The highest BCUT2D eigenvalue weighted by Crippen LogP contribution is 2.22. The van der Waals surface area contributed by atoms with E-state index >= 15 is 0 Å². The minimum Gasteiger partial charge on any atom is -0.422 e. The summed E-state index contributed by atoms with van der Waals surface area (Å²) in [6.07, 6.45) is -0.970. The van der Waals surface area contributed by atoms with E-state index in [4.69, 9.17) is 4.42 Å². The van der Waals surface area contributed by atoms with E-state index in [1.807, 2.05) is 30.3 Å². The van der Waals surface area contributed by atoms with E-state index in [1.165, 1.54) is 0 Å². The van der Waals surface area contributed by atoms with Crippen molar-refractivity contribution in [3.05, 3.63) is 82.2 Å². The van der Waals surface area contributed by atoms with Gasteiger partial charge in [0.25, 0.3) is 0 Å². The maximum Gasteiger partial charge on any atom is 0.342 e. The van der Waals surface area contributed by atoms with Gasteiger partial charge < -0.3 is 9.52 Å². The predicted octanol–water partition coefficient (Wildman–Crippen LogP) is 2.87. The monoisotopic (exact) mass is 252 g/mol. The highest BCUT2D eigenvalue weighted by atomic mass is 16.4. The molecule has 0 fully saturated rings. The summed E-state index contributed by atoms with van der Waals surface area (Å²) < 4.78 is 5.22. The Morgan fingerprint density at radius 3 is 2.42 bits per heavy atom. The summed E-state index contributed by atoms with van der Waals surface area (Å²) in [4.78, 5) is 11.9. The number of hydrogen-bond donors (Lipinski definition) is 1. The van der Waals surface area contributed by atoms with Gasteiger partial charge in [0, 0.05) is 5.39 Å². The summed E-state index contributed by atoms with van der Waals surface area (Å²) >= 11 is 0. The maximum atomic E-state index is 11.9. The molecule has 3 rings (SSSR count). The lowest BCUT2D eigenvalue weighted by molar-refractivity contribution is 0.215. The smallest absolute Gasteiger partial charge is 0.342 e. The van der Waals surface area contributed by atoms with Crippen LogP contribution in [0.3, 0.4) is 0 Å². The molecule has 19 heavy (non-hydrogen) atoms. The molecule has 1 heterocycles. The Bertz CT molecular complexity index is 760. The fourth-order valence-electron chi connectivity index (χ4n) is 2.08. The topological polar surface area (TPSA) is 50.4 Å². The average Bonchev–Trinajstić information content (AvgIpc) is 2.47. The van der Waals surface area contributed by atoms with Gasteiger partial charge in [-0.1, -0.05) is 48.5 Å². The van der Waals surface area contributed by atoms with Crippen molar-refractivity contribution in [2.24, 2.45) is 0 Å². The number of aliphatic hydroxyl groups is 1. The molecule has 0 aliphatic carbocycles. The zero-order chi connectivity index (χ0) is 13.2. The van der Waals surface area contributed by atoms with Crippen LogP contribution >= 0.6 is 0 Å². The molecule has 1 unspecified atom stereocenters. The van der Waals surface area contributed by atoms with E-state index in [0.29, 0.717) is 11.1 Å². The molecule has 1 aromatic heterocycles. The summed E-state index contributed by atoms with van der Waals surface area (Å²) in [5, 5.41) is 11.1. The van der Waals surface area contributed by atoms with Gasteiger partial charge in [-0.15, -0.1) is 0 Å². The fourth-order valence-corrected chi connectivity index (χ4v) is 2.08. The summed E-state index contributed by atoms with van der Waals surface area (Å²) in [6.45, 7) is 0. The van der Waals surface area contributed by atoms with Gasteiger partial charge in [-0.25, -0.2) is 4.79 Å². The molecule has 0 aliphatic rings. The lowest BCUT2D eigenvalue weighted by Gasteiger charge is -2.10. The number of fused-ring (bicyclic) bond motifs is 1. The molecule has 0 saturated carbocycles. The van der Waals surface area contributed by atoms with Gasteiger partial charge in [0.05, 0.1) is 5.56 Å². The molecule has 0 spiro atoms. The van der Waals surface area contributed by atoms with Crippen LogP contribution in [0, 0.1) is 0 Å². The Labute approximate surface area is 109 Å². The molecule has 3 heteroatoms. The zero-order valence-electron chi connectivity index (χ0n) is 10.1. The normalized spacial score (nSPS) is 12.5. The van der Waals surface area contributed by atoms with Crippen molar-refractivity contribution in [1.29, 1.82) is 0 Å². The van der Waals surface area contributed by atoms with Crippen molar-refractivity contribution in [2.75, 3.05) is 0 Å². The van der Waals surface area contributed by atoms with Crippen LogP contribution in [0.25, 0.3) is 11.0 Å². The highest BCUT2D eigenvalue weighted by molar-refractivity contribution is 5.76. The van der Waals surface area contributed by atoms with Gasteiger partial charge in [-0.05, 0) is 17.7 Å². The SMILES string of the molecule is O=c1oc2ccccc2cc1C(O)c1ccccc1. The van der Waals surface area contributed by atoms with Gasteiger partial charge in [0.15, 0.2) is 0 Å². The van der Waals surface area contributed by atoms with Crippen molar-refractivity contribution in [2.45, 2.75) is 6.10 Å². The summed E-state index contributed by atoms with van der Waals surface area (Å²) in [6, 6.07) is 18.0. The van der Waals surface area contributed by atoms with Crippen molar-refractivity contribution >= 4 is 11.0 Å². The molecule has 3 nitrogen and oxygen atoms in total. The molecular weight excluding hydrogens is 240 g/mol. The first-order valence-electron chi connectivity index (χ1n) is 6.01. The molecule has 0 saturated heterocycles. The van der Waals surface area contributed by atoms with Gasteiger partial charge >= 0.3 is 5.63 Å². The Morgan fingerprint density at radius 2 is 1.63 bits per heavy atom. The van der Waals surface area contributed by atoms with E-state index in [2.05, 4.69) is 0 Å². The lowest BCUT2D eigenvalue weighted by Crippen LogP contribution is -2.13. The fraction of sp³-hybridized carbons (Fsp3) is 0.0625. The van der Waals surface area contributed by atoms with E-state index in [0.717, 1.165) is 5.39 Å². The number of hydrogen-bond acceptors (Lipinski definition) is 3. The van der Waals surface area contributed by atoms with Gasteiger partial charge in [-0.3, -0.25) is 0 Å². The van der Waals surface area contributed by atoms with Crippen LogP contribution in [0.1, 0.15) is 17.2 Å². The van der Waals surface area contributed by atoms with Crippen molar-refractivity contribution in [3.8, 4) is 0 Å². The maximum absolute atomic E-state index is 11.9. The van der Waals surface area contributed by atoms with Gasteiger partial charge in [0.1, 0.15) is 11.7 Å². The van der Waals surface area contributed by atoms with Crippen LogP contribution in [-0.4, -0.2) is 5.11 Å². The summed E-state index contributed by atoms with van der Waals surface area (Å²) in [5.41, 5.74) is 0.946. The third kappa shape index (κ3) is 2.16. The Kier molecular flexibility index (Phi) is 2.89. The van der Waals surface area contributed by atoms with Crippen molar-refractivity contribution in [1.82, 2.24) is 0 Å². The van der Waals surface area contributed by atoms with Gasteiger partial charge in [0.2, 0.25) is 0 Å². The molecule has 94 valence electrons.